The highest BCUT2D eigenvalue weighted by Gasteiger charge is 2.24. The number of hydrogen-bond donors (Lipinski definition) is 1. The molecule has 9 heteroatoms. The SMILES string of the molecule is CCC(C(=O)Nc1cc(OC)ccc1OC)n1cnc2onc(C)c2c1=O. The zero-order valence-corrected chi connectivity index (χ0v) is 15.5. The second-order valence-corrected chi connectivity index (χ2v) is 5.88. The molecule has 0 aliphatic heterocycles. The van der Waals surface area contributed by atoms with Crippen LogP contribution >= 0.6 is 0 Å². The summed E-state index contributed by atoms with van der Waals surface area (Å²) in [6.07, 6.45) is 1.68. The summed E-state index contributed by atoms with van der Waals surface area (Å²) in [6, 6.07) is 4.30. The van der Waals surface area contributed by atoms with Crippen LogP contribution in [-0.4, -0.2) is 34.8 Å². The van der Waals surface area contributed by atoms with Crippen molar-refractivity contribution in [2.24, 2.45) is 0 Å². The molecule has 1 atom stereocenters. The van der Waals surface area contributed by atoms with Crippen LogP contribution in [0.1, 0.15) is 25.1 Å². The molecule has 2 heterocycles. The second-order valence-electron chi connectivity index (χ2n) is 5.88. The predicted octanol–water partition coefficient (Wildman–Crippen LogP) is 2.30. The highest BCUT2D eigenvalue weighted by Crippen LogP contribution is 2.29. The standard InChI is InChI=1S/C18H20N4O5/c1-5-13(22-9-19-17-15(18(22)24)10(2)21-27-17)16(23)20-12-8-11(25-3)6-7-14(12)26-4/h6-9,13H,5H2,1-4H3,(H,20,23). The van der Waals surface area contributed by atoms with Crippen molar-refractivity contribution < 1.29 is 18.8 Å². The summed E-state index contributed by atoms with van der Waals surface area (Å²) in [5.41, 5.74) is 0.655. The van der Waals surface area contributed by atoms with Gasteiger partial charge < -0.3 is 19.3 Å². The van der Waals surface area contributed by atoms with Crippen LogP contribution in [0.4, 0.5) is 5.69 Å². The average Bonchev–Trinajstić information content (AvgIpc) is 3.05. The molecule has 0 bridgehead atoms. The van der Waals surface area contributed by atoms with Gasteiger partial charge in [0.2, 0.25) is 5.91 Å². The van der Waals surface area contributed by atoms with Crippen LogP contribution in [0.3, 0.4) is 0 Å². The molecule has 0 radical (unpaired) electrons. The minimum absolute atomic E-state index is 0.151. The van der Waals surface area contributed by atoms with E-state index in [0.717, 1.165) is 0 Å². The summed E-state index contributed by atoms with van der Waals surface area (Å²) in [6.45, 7) is 3.46. The summed E-state index contributed by atoms with van der Waals surface area (Å²) >= 11 is 0. The number of aromatic nitrogens is 3. The van der Waals surface area contributed by atoms with Crippen LogP contribution < -0.4 is 20.3 Å². The van der Waals surface area contributed by atoms with Crippen LogP contribution in [0, 0.1) is 6.92 Å². The number of aryl methyl sites for hydroxylation is 1. The fourth-order valence-corrected chi connectivity index (χ4v) is 2.85. The lowest BCUT2D eigenvalue weighted by Gasteiger charge is -2.18. The Bertz CT molecular complexity index is 1040. The second kappa shape index (κ2) is 7.48. The van der Waals surface area contributed by atoms with E-state index in [2.05, 4.69) is 15.5 Å². The summed E-state index contributed by atoms with van der Waals surface area (Å²) in [4.78, 5) is 29.8. The number of amides is 1. The van der Waals surface area contributed by atoms with E-state index in [1.165, 1.54) is 25.1 Å². The predicted molar refractivity (Wildman–Crippen MR) is 98.3 cm³/mol. The van der Waals surface area contributed by atoms with Gasteiger partial charge in [-0.15, -0.1) is 0 Å². The molecule has 142 valence electrons. The molecule has 0 aliphatic rings. The fraction of sp³-hybridized carbons (Fsp3) is 0.333. The van der Waals surface area contributed by atoms with Gasteiger partial charge in [-0.3, -0.25) is 14.2 Å². The van der Waals surface area contributed by atoms with Crippen molar-refractivity contribution in [3.8, 4) is 11.5 Å². The minimum Gasteiger partial charge on any atom is -0.497 e. The van der Waals surface area contributed by atoms with E-state index in [0.29, 0.717) is 29.3 Å². The lowest BCUT2D eigenvalue weighted by molar-refractivity contribution is -0.119. The number of nitrogens with zero attached hydrogens (tertiary/aromatic N) is 3. The number of ether oxygens (including phenoxy) is 2. The molecule has 3 rings (SSSR count). The van der Waals surface area contributed by atoms with Crippen LogP contribution in [0.2, 0.25) is 0 Å². The first-order chi connectivity index (χ1) is 13.0. The maximum atomic E-state index is 12.9. The van der Waals surface area contributed by atoms with E-state index < -0.39 is 6.04 Å². The lowest BCUT2D eigenvalue weighted by atomic mass is 10.2. The number of carbonyl (C=O) groups excluding carboxylic acids is 1. The third kappa shape index (κ3) is 3.35. The molecule has 0 saturated carbocycles. The van der Waals surface area contributed by atoms with Gasteiger partial charge in [-0.2, -0.15) is 0 Å². The van der Waals surface area contributed by atoms with Crippen LogP contribution in [-0.2, 0) is 4.79 Å². The molecule has 1 unspecified atom stereocenters. The molecule has 0 aliphatic carbocycles. The van der Waals surface area contributed by atoms with Gasteiger partial charge in [0, 0.05) is 6.07 Å². The maximum absolute atomic E-state index is 12.9. The lowest BCUT2D eigenvalue weighted by Crippen LogP contribution is -2.33. The zero-order chi connectivity index (χ0) is 19.6. The molecule has 3 aromatic rings. The summed E-state index contributed by atoms with van der Waals surface area (Å²) in [5, 5.41) is 6.82. The monoisotopic (exact) mass is 372 g/mol. The van der Waals surface area contributed by atoms with Gasteiger partial charge in [0.25, 0.3) is 11.3 Å². The first kappa shape index (κ1) is 18.4. The topological polar surface area (TPSA) is 108 Å². The number of anilines is 1. The van der Waals surface area contributed by atoms with E-state index in [4.69, 9.17) is 14.0 Å². The largest absolute Gasteiger partial charge is 0.497 e. The smallest absolute Gasteiger partial charge is 0.267 e. The number of rotatable bonds is 6. The minimum atomic E-state index is -0.764. The molecule has 0 saturated heterocycles. The van der Waals surface area contributed by atoms with E-state index >= 15 is 0 Å². The van der Waals surface area contributed by atoms with Crippen molar-refractivity contribution in [1.82, 2.24) is 14.7 Å². The quantitative estimate of drug-likeness (QED) is 0.707. The van der Waals surface area contributed by atoms with E-state index in [-0.39, 0.29) is 22.6 Å². The Kier molecular flexibility index (Phi) is 5.11. The van der Waals surface area contributed by atoms with Crippen molar-refractivity contribution in [3.63, 3.8) is 0 Å². The zero-order valence-electron chi connectivity index (χ0n) is 15.5. The Morgan fingerprint density at radius 3 is 2.78 bits per heavy atom. The number of carbonyl (C=O) groups is 1. The number of methoxy groups -OCH3 is 2. The molecule has 2 aromatic heterocycles. The van der Waals surface area contributed by atoms with Gasteiger partial charge >= 0.3 is 0 Å². The molecule has 1 aromatic carbocycles. The molecule has 1 N–H and O–H groups in total. The summed E-state index contributed by atoms with van der Waals surface area (Å²) in [7, 11) is 3.04. The van der Waals surface area contributed by atoms with Crippen LogP contribution in [0.5, 0.6) is 11.5 Å². The Morgan fingerprint density at radius 2 is 2.11 bits per heavy atom. The van der Waals surface area contributed by atoms with Crippen LogP contribution in [0.25, 0.3) is 11.1 Å². The summed E-state index contributed by atoms with van der Waals surface area (Å²) < 4.78 is 16.8. The Hall–Kier alpha value is -3.36. The van der Waals surface area contributed by atoms with Crippen molar-refractivity contribution in [2.75, 3.05) is 19.5 Å². The third-order valence-electron chi connectivity index (χ3n) is 4.28. The highest BCUT2D eigenvalue weighted by atomic mass is 16.5. The Labute approximate surface area is 154 Å². The first-order valence-electron chi connectivity index (χ1n) is 8.36. The van der Waals surface area contributed by atoms with Crippen LogP contribution in [0.15, 0.2) is 33.8 Å². The van der Waals surface area contributed by atoms with Crippen molar-refractivity contribution in [2.45, 2.75) is 26.3 Å². The van der Waals surface area contributed by atoms with Gasteiger partial charge in [0.15, 0.2) is 0 Å². The molecular weight excluding hydrogens is 352 g/mol. The fourth-order valence-electron chi connectivity index (χ4n) is 2.85. The average molecular weight is 372 g/mol. The van der Waals surface area contributed by atoms with Crippen molar-refractivity contribution >= 4 is 22.7 Å². The normalized spacial score (nSPS) is 12.0. The number of nitrogens with one attached hydrogen (secondary N) is 1. The molecule has 0 spiro atoms. The van der Waals surface area contributed by atoms with Crippen molar-refractivity contribution in [3.05, 3.63) is 40.6 Å². The molecule has 27 heavy (non-hydrogen) atoms. The van der Waals surface area contributed by atoms with Gasteiger partial charge in [0.1, 0.15) is 29.3 Å². The molecule has 1 amide bonds. The van der Waals surface area contributed by atoms with Gasteiger partial charge in [-0.1, -0.05) is 12.1 Å². The van der Waals surface area contributed by atoms with Gasteiger partial charge in [-0.05, 0) is 25.5 Å². The Morgan fingerprint density at radius 1 is 1.33 bits per heavy atom. The highest BCUT2D eigenvalue weighted by molar-refractivity contribution is 5.95. The number of benzene rings is 1. The van der Waals surface area contributed by atoms with Crippen molar-refractivity contribution in [1.29, 1.82) is 0 Å². The molecule has 9 nitrogen and oxygen atoms in total. The number of fused-ring (bicyclic) bond motifs is 1. The van der Waals surface area contributed by atoms with Gasteiger partial charge in [-0.25, -0.2) is 4.98 Å². The van der Waals surface area contributed by atoms with E-state index in [9.17, 15) is 9.59 Å². The van der Waals surface area contributed by atoms with E-state index in [1.54, 1.807) is 25.1 Å². The Balaban J connectivity index is 1.97. The number of hydrogen-bond acceptors (Lipinski definition) is 7. The molecule has 0 fully saturated rings. The summed E-state index contributed by atoms with van der Waals surface area (Å²) in [5.74, 6) is 0.677. The maximum Gasteiger partial charge on any atom is 0.267 e. The van der Waals surface area contributed by atoms with E-state index in [1.807, 2.05) is 6.92 Å². The third-order valence-corrected chi connectivity index (χ3v) is 4.28. The molecular formula is C18H20N4O5. The first-order valence-corrected chi connectivity index (χ1v) is 8.36. The van der Waals surface area contributed by atoms with Gasteiger partial charge in [0.05, 0.1) is 25.6 Å².